The average molecular weight is 289 g/mol. The summed E-state index contributed by atoms with van der Waals surface area (Å²) in [6.07, 6.45) is 2.47. The zero-order chi connectivity index (χ0) is 15.1. The Morgan fingerprint density at radius 2 is 1.95 bits per heavy atom. The van der Waals surface area contributed by atoms with Crippen molar-refractivity contribution < 1.29 is 0 Å². The minimum Gasteiger partial charge on any atom is -0.317 e. The van der Waals surface area contributed by atoms with E-state index in [1.54, 1.807) is 0 Å². The van der Waals surface area contributed by atoms with E-state index in [4.69, 9.17) is 0 Å². The molecule has 1 aliphatic heterocycles. The molecule has 21 heavy (non-hydrogen) atoms. The van der Waals surface area contributed by atoms with Crippen molar-refractivity contribution in [2.75, 3.05) is 46.8 Å². The Labute approximate surface area is 130 Å². The lowest BCUT2D eigenvalue weighted by atomic mass is 10.1. The Morgan fingerprint density at radius 3 is 2.57 bits per heavy atom. The van der Waals surface area contributed by atoms with E-state index < -0.39 is 0 Å². The normalized spacial score (nSPS) is 19.5. The van der Waals surface area contributed by atoms with E-state index in [1.165, 1.54) is 37.2 Å². The van der Waals surface area contributed by atoms with E-state index in [0.29, 0.717) is 0 Å². The molecule has 0 saturated carbocycles. The summed E-state index contributed by atoms with van der Waals surface area (Å²) in [6, 6.07) is 9.14. The maximum absolute atomic E-state index is 3.38. The summed E-state index contributed by atoms with van der Waals surface area (Å²) in [5.41, 5.74) is 2.86. The van der Waals surface area contributed by atoms with E-state index in [9.17, 15) is 0 Å². The number of hydrogen-bond acceptors (Lipinski definition) is 3. The molecule has 0 aliphatic carbocycles. The summed E-state index contributed by atoms with van der Waals surface area (Å²) in [4.78, 5) is 4.91. The van der Waals surface area contributed by atoms with Crippen LogP contribution >= 0.6 is 0 Å². The summed E-state index contributed by atoms with van der Waals surface area (Å²) < 4.78 is 0. The van der Waals surface area contributed by atoms with Crippen molar-refractivity contribution >= 4 is 0 Å². The fourth-order valence-corrected chi connectivity index (χ4v) is 3.21. The molecule has 0 radical (unpaired) electrons. The molecule has 1 unspecified atom stereocenters. The highest BCUT2D eigenvalue weighted by Gasteiger charge is 2.20. The van der Waals surface area contributed by atoms with Crippen molar-refractivity contribution in [1.29, 1.82) is 0 Å². The van der Waals surface area contributed by atoms with Crippen LogP contribution in [0.25, 0.3) is 0 Å². The average Bonchev–Trinajstić information content (AvgIpc) is 2.86. The molecule has 3 heteroatoms. The van der Waals surface area contributed by atoms with Crippen LogP contribution in [0.4, 0.5) is 0 Å². The fraction of sp³-hybridized carbons (Fsp3) is 0.667. The van der Waals surface area contributed by atoms with E-state index in [-0.39, 0.29) is 0 Å². The van der Waals surface area contributed by atoms with E-state index in [2.05, 4.69) is 60.4 Å². The zero-order valence-corrected chi connectivity index (χ0v) is 13.9. The molecule has 1 aromatic carbocycles. The number of hydrogen-bond donors (Lipinski definition) is 1. The van der Waals surface area contributed by atoms with Gasteiger partial charge in [0.05, 0.1) is 0 Å². The van der Waals surface area contributed by atoms with Crippen molar-refractivity contribution in [2.24, 2.45) is 5.92 Å². The van der Waals surface area contributed by atoms with Gasteiger partial charge in [-0.15, -0.1) is 0 Å². The van der Waals surface area contributed by atoms with Gasteiger partial charge in [-0.2, -0.15) is 0 Å². The second kappa shape index (κ2) is 8.52. The summed E-state index contributed by atoms with van der Waals surface area (Å²) >= 11 is 0. The molecule has 0 bridgehead atoms. The molecule has 1 saturated heterocycles. The molecule has 0 spiro atoms. The number of nitrogens with zero attached hydrogens (tertiary/aromatic N) is 2. The highest BCUT2D eigenvalue weighted by atomic mass is 15.1. The predicted molar refractivity (Wildman–Crippen MR) is 90.6 cm³/mol. The lowest BCUT2D eigenvalue weighted by molar-refractivity contribution is 0.267. The zero-order valence-electron chi connectivity index (χ0n) is 13.9. The molecule has 1 atom stereocenters. The Bertz CT molecular complexity index is 401. The number of nitrogens with one attached hydrogen (secondary N) is 1. The highest BCUT2D eigenvalue weighted by Crippen LogP contribution is 2.16. The second-order valence-electron chi connectivity index (χ2n) is 6.53. The molecule has 0 amide bonds. The van der Waals surface area contributed by atoms with Crippen molar-refractivity contribution in [3.05, 3.63) is 35.4 Å². The quantitative estimate of drug-likeness (QED) is 0.740. The molecule has 1 aromatic rings. The van der Waals surface area contributed by atoms with Gasteiger partial charge in [0.1, 0.15) is 0 Å². The molecule has 1 heterocycles. The van der Waals surface area contributed by atoms with Gasteiger partial charge in [0.25, 0.3) is 0 Å². The minimum atomic E-state index is 0.847. The summed E-state index contributed by atoms with van der Waals surface area (Å²) in [7, 11) is 4.48. The summed E-state index contributed by atoms with van der Waals surface area (Å²) in [6.45, 7) is 9.08. The molecule has 2 rings (SSSR count). The maximum atomic E-state index is 3.38. The third-order valence-corrected chi connectivity index (χ3v) is 4.37. The monoisotopic (exact) mass is 289 g/mol. The van der Waals surface area contributed by atoms with Crippen LogP contribution in [0.15, 0.2) is 24.3 Å². The van der Waals surface area contributed by atoms with Crippen LogP contribution in [0.1, 0.15) is 24.5 Å². The van der Waals surface area contributed by atoms with Gasteiger partial charge in [-0.1, -0.05) is 31.2 Å². The summed E-state index contributed by atoms with van der Waals surface area (Å²) in [5.74, 6) is 0.847. The summed E-state index contributed by atoms with van der Waals surface area (Å²) in [5, 5.41) is 3.38. The lowest BCUT2D eigenvalue weighted by Gasteiger charge is -2.21. The van der Waals surface area contributed by atoms with E-state index in [1.807, 2.05) is 0 Å². The largest absolute Gasteiger partial charge is 0.317 e. The lowest BCUT2D eigenvalue weighted by Crippen LogP contribution is -2.27. The van der Waals surface area contributed by atoms with Crippen molar-refractivity contribution in [3.63, 3.8) is 0 Å². The van der Waals surface area contributed by atoms with Crippen LogP contribution in [0, 0.1) is 5.92 Å². The predicted octanol–water partition coefficient (Wildman–Crippen LogP) is 2.22. The van der Waals surface area contributed by atoms with Crippen LogP contribution < -0.4 is 5.32 Å². The fourth-order valence-electron chi connectivity index (χ4n) is 3.21. The van der Waals surface area contributed by atoms with Crippen LogP contribution in [0.2, 0.25) is 0 Å². The van der Waals surface area contributed by atoms with Gasteiger partial charge in [-0.3, -0.25) is 0 Å². The van der Waals surface area contributed by atoms with E-state index in [0.717, 1.165) is 32.0 Å². The van der Waals surface area contributed by atoms with E-state index >= 15 is 0 Å². The number of likely N-dealkylation sites (N-methyl/N-ethyl adjacent to an activating group) is 1. The SMILES string of the molecule is CCNCCc1ccc(CN(C)CC2CCN(C)C2)cc1. The number of likely N-dealkylation sites (tertiary alicyclic amines) is 1. The first-order chi connectivity index (χ1) is 10.2. The highest BCUT2D eigenvalue weighted by molar-refractivity contribution is 5.22. The van der Waals surface area contributed by atoms with Gasteiger partial charge in [-0.25, -0.2) is 0 Å². The molecule has 1 fully saturated rings. The van der Waals surface area contributed by atoms with Crippen molar-refractivity contribution in [3.8, 4) is 0 Å². The molecule has 118 valence electrons. The number of rotatable bonds is 8. The first-order valence-electron chi connectivity index (χ1n) is 8.33. The Hall–Kier alpha value is -0.900. The first kappa shape index (κ1) is 16.5. The van der Waals surface area contributed by atoms with Gasteiger partial charge in [0.15, 0.2) is 0 Å². The third-order valence-electron chi connectivity index (χ3n) is 4.37. The molecular formula is C18H31N3. The number of benzene rings is 1. The third kappa shape index (κ3) is 5.77. The maximum Gasteiger partial charge on any atom is 0.0230 e. The van der Waals surface area contributed by atoms with Crippen LogP contribution in [0.5, 0.6) is 0 Å². The Balaban J connectivity index is 1.74. The topological polar surface area (TPSA) is 18.5 Å². The Kier molecular flexibility index (Phi) is 6.68. The smallest absolute Gasteiger partial charge is 0.0230 e. The Morgan fingerprint density at radius 1 is 1.24 bits per heavy atom. The minimum absolute atomic E-state index is 0.847. The molecule has 3 nitrogen and oxygen atoms in total. The van der Waals surface area contributed by atoms with Gasteiger partial charge >= 0.3 is 0 Å². The van der Waals surface area contributed by atoms with Crippen molar-refractivity contribution in [2.45, 2.75) is 26.3 Å². The molecule has 1 aliphatic rings. The van der Waals surface area contributed by atoms with Crippen molar-refractivity contribution in [1.82, 2.24) is 15.1 Å². The van der Waals surface area contributed by atoms with Crippen LogP contribution in [0.3, 0.4) is 0 Å². The standard InChI is InChI=1S/C18H31N3/c1-4-19-11-9-16-5-7-17(8-6-16)13-21(3)15-18-10-12-20(2)14-18/h5-8,18-19H,4,9-15H2,1-3H3. The first-order valence-corrected chi connectivity index (χ1v) is 8.33. The molecular weight excluding hydrogens is 258 g/mol. The molecule has 0 aromatic heterocycles. The molecule has 1 N–H and O–H groups in total. The van der Waals surface area contributed by atoms with Gasteiger partial charge < -0.3 is 15.1 Å². The van der Waals surface area contributed by atoms with Gasteiger partial charge in [0.2, 0.25) is 0 Å². The van der Waals surface area contributed by atoms with Gasteiger partial charge in [-0.05, 0) is 63.6 Å². The van der Waals surface area contributed by atoms with Crippen LogP contribution in [-0.2, 0) is 13.0 Å². The van der Waals surface area contributed by atoms with Crippen LogP contribution in [-0.4, -0.2) is 56.6 Å². The second-order valence-corrected chi connectivity index (χ2v) is 6.53. The van der Waals surface area contributed by atoms with Gasteiger partial charge in [0, 0.05) is 19.6 Å².